The molecule has 0 saturated heterocycles. The summed E-state index contributed by atoms with van der Waals surface area (Å²) >= 11 is 0. The molecule has 3 heterocycles. The van der Waals surface area contributed by atoms with Crippen molar-refractivity contribution in [3.05, 3.63) is 95.2 Å². The molecule has 13 heteroatoms. The van der Waals surface area contributed by atoms with Gasteiger partial charge in [-0.25, -0.2) is 14.6 Å². The summed E-state index contributed by atoms with van der Waals surface area (Å²) in [5, 5.41) is 18.2. The number of rotatable bonds is 2. The number of nitrogens with one attached hydrogen (secondary N) is 3. The lowest BCUT2D eigenvalue weighted by Gasteiger charge is -2.24. The number of ether oxygens (including phenoxy) is 1. The quantitative estimate of drug-likeness (QED) is 0.188. The third-order valence-electron chi connectivity index (χ3n) is 6.91. The van der Waals surface area contributed by atoms with Crippen LogP contribution in [0.1, 0.15) is 41.3 Å². The number of nitrogens with zero attached hydrogens (tertiary/aromatic N) is 1. The number of carboxylic acid groups (broad SMARTS) is 1. The molecule has 0 aliphatic carbocycles. The number of aromatic nitrogens is 1. The van der Waals surface area contributed by atoms with Crippen molar-refractivity contribution in [1.82, 2.24) is 10.3 Å². The van der Waals surface area contributed by atoms with Crippen molar-refractivity contribution in [2.24, 2.45) is 0 Å². The van der Waals surface area contributed by atoms with Crippen molar-refractivity contribution in [3.8, 4) is 0 Å². The van der Waals surface area contributed by atoms with E-state index in [9.17, 15) is 22.8 Å². The molecule has 10 nitrogen and oxygen atoms in total. The van der Waals surface area contributed by atoms with E-state index in [1.54, 1.807) is 12.3 Å². The fourth-order valence-corrected chi connectivity index (χ4v) is 4.61. The minimum Gasteiger partial charge on any atom is -0.475 e. The molecule has 44 heavy (non-hydrogen) atoms. The number of alkyl halides is 3. The fraction of sp³-hybridized carbons (Fsp3) is 0.226. The van der Waals surface area contributed by atoms with Crippen molar-refractivity contribution in [3.63, 3.8) is 0 Å². The molecule has 4 aromatic rings. The van der Waals surface area contributed by atoms with Gasteiger partial charge in [-0.1, -0.05) is 30.3 Å². The summed E-state index contributed by atoms with van der Waals surface area (Å²) in [5.41, 5.74) is 11.2. The standard InChI is InChI=1S/C29H29N5O3.C2HF3O2/c1-17-14-22-7-6-19(17)11-13-37-29(36)34-23-5-3-4-20(15-23)18(2)32-28(35)26(22)33-24-8-9-25-21(16-24)10-12-31-27(25)30;3-2(4,5)1(6)7/h3-10,12,14-16,18,26,33H,11,13H2,1-2H3,(H2,30,31)(H,32,35)(H,34,36);(H,6,7)/t18?,26-;/m1./s1. The van der Waals surface area contributed by atoms with Gasteiger partial charge in [0.15, 0.2) is 0 Å². The van der Waals surface area contributed by atoms with E-state index in [1.165, 1.54) is 0 Å². The van der Waals surface area contributed by atoms with Gasteiger partial charge in [-0.3, -0.25) is 10.1 Å². The highest BCUT2D eigenvalue weighted by molar-refractivity contribution is 5.94. The van der Waals surface area contributed by atoms with Gasteiger partial charge >= 0.3 is 18.2 Å². The zero-order chi connectivity index (χ0) is 32.0. The highest BCUT2D eigenvalue weighted by Crippen LogP contribution is 2.28. The van der Waals surface area contributed by atoms with Crippen LogP contribution in [0.5, 0.6) is 0 Å². The van der Waals surface area contributed by atoms with Crippen LogP contribution in [0.4, 0.5) is 35.2 Å². The monoisotopic (exact) mass is 609 g/mol. The molecule has 230 valence electrons. The Morgan fingerprint density at radius 3 is 2.52 bits per heavy atom. The first kappa shape index (κ1) is 31.6. The number of hydrogen-bond acceptors (Lipinski definition) is 7. The minimum atomic E-state index is -5.08. The van der Waals surface area contributed by atoms with Crippen LogP contribution in [0.25, 0.3) is 10.8 Å². The van der Waals surface area contributed by atoms with Crippen LogP contribution in [-0.2, 0) is 20.7 Å². The fourth-order valence-electron chi connectivity index (χ4n) is 4.61. The summed E-state index contributed by atoms with van der Waals surface area (Å²) in [4.78, 5) is 39.0. The van der Waals surface area contributed by atoms with Gasteiger partial charge in [0.1, 0.15) is 11.9 Å². The maximum Gasteiger partial charge on any atom is 0.490 e. The Labute approximate surface area is 250 Å². The summed E-state index contributed by atoms with van der Waals surface area (Å²) in [5.74, 6) is -2.46. The maximum atomic E-state index is 13.7. The normalized spacial score (nSPS) is 17.0. The van der Waals surface area contributed by atoms with Crippen LogP contribution in [0.3, 0.4) is 0 Å². The summed E-state index contributed by atoms with van der Waals surface area (Å²) < 4.78 is 37.1. The number of benzene rings is 3. The zero-order valence-corrected chi connectivity index (χ0v) is 23.7. The number of anilines is 3. The first-order valence-corrected chi connectivity index (χ1v) is 13.5. The first-order chi connectivity index (χ1) is 20.8. The number of halogens is 3. The Kier molecular flexibility index (Phi) is 9.57. The van der Waals surface area contributed by atoms with Gasteiger partial charge in [-0.15, -0.1) is 0 Å². The van der Waals surface area contributed by atoms with Crippen LogP contribution in [0.15, 0.2) is 72.9 Å². The SMILES string of the molecule is Cc1cc2ccc1CCOC(=O)Nc1cccc(c1)C(C)NC(=O)[C@@H]2Nc1ccc2c(N)nccc2c1.O=C(O)C(F)(F)F. The van der Waals surface area contributed by atoms with Crippen molar-refractivity contribution in [1.29, 1.82) is 0 Å². The highest BCUT2D eigenvalue weighted by atomic mass is 19.4. The van der Waals surface area contributed by atoms with Crippen LogP contribution in [0.2, 0.25) is 0 Å². The molecule has 1 aromatic heterocycles. The van der Waals surface area contributed by atoms with E-state index in [2.05, 4.69) is 20.9 Å². The first-order valence-electron chi connectivity index (χ1n) is 13.5. The average molecular weight is 610 g/mol. The number of hydrogen-bond donors (Lipinski definition) is 5. The number of amides is 2. The number of nitrogens with two attached hydrogens (primary N) is 1. The van der Waals surface area contributed by atoms with Gasteiger partial charge in [-0.2, -0.15) is 13.2 Å². The molecule has 2 aliphatic heterocycles. The van der Waals surface area contributed by atoms with Gasteiger partial charge in [0, 0.05) is 29.4 Å². The lowest BCUT2D eigenvalue weighted by molar-refractivity contribution is -0.192. The van der Waals surface area contributed by atoms with Gasteiger partial charge in [0.25, 0.3) is 0 Å². The van der Waals surface area contributed by atoms with Gasteiger partial charge in [0.2, 0.25) is 5.91 Å². The molecule has 2 atom stereocenters. The van der Waals surface area contributed by atoms with Crippen molar-refractivity contribution < 1.29 is 37.4 Å². The molecule has 2 amide bonds. The molecule has 1 unspecified atom stereocenters. The van der Waals surface area contributed by atoms with Gasteiger partial charge in [0.05, 0.1) is 12.6 Å². The van der Waals surface area contributed by atoms with Crippen molar-refractivity contribution >= 4 is 45.9 Å². The van der Waals surface area contributed by atoms with Gasteiger partial charge in [-0.05, 0) is 77.9 Å². The number of carbonyl (C=O) groups is 3. The molecule has 0 saturated carbocycles. The third-order valence-corrected chi connectivity index (χ3v) is 6.91. The Balaban J connectivity index is 0.000000566. The minimum absolute atomic E-state index is 0.168. The second-order valence-corrected chi connectivity index (χ2v) is 10.1. The van der Waals surface area contributed by atoms with Gasteiger partial charge < -0.3 is 26.2 Å². The summed E-state index contributed by atoms with van der Waals surface area (Å²) in [6.07, 6.45) is -3.35. The van der Waals surface area contributed by atoms with E-state index in [4.69, 9.17) is 20.4 Å². The number of fused-ring (bicyclic) bond motifs is 10. The Morgan fingerprint density at radius 1 is 1.07 bits per heavy atom. The second-order valence-electron chi connectivity index (χ2n) is 10.1. The van der Waals surface area contributed by atoms with Crippen molar-refractivity contribution in [2.75, 3.05) is 23.0 Å². The molecule has 0 radical (unpaired) electrons. The molecular weight excluding hydrogens is 579 g/mol. The summed E-state index contributed by atoms with van der Waals surface area (Å²) in [6, 6.07) is 20.0. The maximum absolute atomic E-state index is 13.7. The summed E-state index contributed by atoms with van der Waals surface area (Å²) in [6.45, 7) is 4.16. The van der Waals surface area contributed by atoms with Crippen LogP contribution < -0.4 is 21.7 Å². The number of pyridine rings is 1. The van der Waals surface area contributed by atoms with E-state index >= 15 is 0 Å². The predicted octanol–water partition coefficient (Wildman–Crippen LogP) is 5.89. The number of aryl methyl sites for hydroxylation is 1. The zero-order valence-electron chi connectivity index (χ0n) is 23.7. The predicted molar refractivity (Wildman–Crippen MR) is 159 cm³/mol. The smallest absolute Gasteiger partial charge is 0.475 e. The second kappa shape index (κ2) is 13.3. The highest BCUT2D eigenvalue weighted by Gasteiger charge is 2.38. The molecule has 0 spiro atoms. The van der Waals surface area contributed by atoms with E-state index in [0.29, 0.717) is 17.9 Å². The average Bonchev–Trinajstić information content (AvgIpc) is 2.96. The molecule has 6 rings (SSSR count). The molecular formula is C31H30F3N5O5. The number of nitrogen functional groups attached to an aromatic ring is 1. The number of carboxylic acids is 1. The largest absolute Gasteiger partial charge is 0.490 e. The van der Waals surface area contributed by atoms with E-state index in [0.717, 1.165) is 38.7 Å². The molecule has 0 fully saturated rings. The lowest BCUT2D eigenvalue weighted by Crippen LogP contribution is -2.35. The number of aliphatic carboxylic acids is 1. The van der Waals surface area contributed by atoms with Crippen molar-refractivity contribution in [2.45, 2.75) is 38.5 Å². The van der Waals surface area contributed by atoms with Crippen LogP contribution in [-0.4, -0.2) is 40.8 Å². The molecule has 2 aliphatic rings. The van der Waals surface area contributed by atoms with E-state index in [-0.39, 0.29) is 18.6 Å². The third kappa shape index (κ3) is 7.94. The lowest BCUT2D eigenvalue weighted by atomic mass is 9.97. The van der Waals surface area contributed by atoms with E-state index in [1.807, 2.05) is 74.5 Å². The van der Waals surface area contributed by atoms with Crippen LogP contribution in [0, 0.1) is 6.92 Å². The number of carbonyl (C=O) groups excluding carboxylic acids is 2. The topological polar surface area (TPSA) is 156 Å². The Morgan fingerprint density at radius 2 is 1.82 bits per heavy atom. The molecule has 6 N–H and O–H groups in total. The Bertz CT molecular complexity index is 1700. The van der Waals surface area contributed by atoms with Crippen LogP contribution >= 0.6 is 0 Å². The Hall–Kier alpha value is -5.33. The summed E-state index contributed by atoms with van der Waals surface area (Å²) in [7, 11) is 0. The van der Waals surface area contributed by atoms with E-state index < -0.39 is 24.3 Å². The molecule has 3 aromatic carbocycles. The molecule has 4 bridgehead atoms.